The van der Waals surface area contributed by atoms with Crippen molar-refractivity contribution in [3.8, 4) is 0 Å². The molecular formula is C11H25N3O3S. The van der Waals surface area contributed by atoms with Gasteiger partial charge in [-0.05, 0) is 19.3 Å². The minimum absolute atomic E-state index is 0.0602. The summed E-state index contributed by atoms with van der Waals surface area (Å²) in [4.78, 5) is 11.6. The Bertz CT molecular complexity index is 371. The highest BCUT2D eigenvalue weighted by Gasteiger charge is 2.27. The maximum atomic E-state index is 11.6. The Balaban J connectivity index is 4.18. The molecular weight excluding hydrogens is 254 g/mol. The Kier molecular flexibility index (Phi) is 6.25. The number of carbonyl (C=O) groups excluding carboxylic acids is 1. The average Bonchev–Trinajstić information content (AvgIpc) is 2.12. The number of hydrogen-bond donors (Lipinski definition) is 3. The number of sulfonamides is 1. The predicted octanol–water partition coefficient (Wildman–Crippen LogP) is -0.196. The van der Waals surface area contributed by atoms with Crippen LogP contribution in [0, 0.1) is 5.41 Å². The van der Waals surface area contributed by atoms with E-state index in [1.54, 1.807) is 13.8 Å². The molecule has 0 aliphatic heterocycles. The average molecular weight is 279 g/mol. The number of carbonyl (C=O) groups is 1. The Hall–Kier alpha value is -0.660. The van der Waals surface area contributed by atoms with Crippen molar-refractivity contribution in [1.29, 1.82) is 0 Å². The van der Waals surface area contributed by atoms with Crippen molar-refractivity contribution < 1.29 is 13.2 Å². The van der Waals surface area contributed by atoms with Crippen LogP contribution in [0.4, 0.5) is 0 Å². The zero-order valence-electron chi connectivity index (χ0n) is 11.8. The van der Waals surface area contributed by atoms with Crippen LogP contribution >= 0.6 is 0 Å². The van der Waals surface area contributed by atoms with Gasteiger partial charge in [-0.1, -0.05) is 20.8 Å². The van der Waals surface area contributed by atoms with Crippen LogP contribution < -0.4 is 15.8 Å². The fourth-order valence-corrected chi connectivity index (χ4v) is 2.44. The van der Waals surface area contributed by atoms with Gasteiger partial charge in [-0.3, -0.25) is 4.79 Å². The molecule has 0 aromatic heterocycles. The third-order valence-corrected chi connectivity index (χ3v) is 3.87. The topological polar surface area (TPSA) is 101 Å². The first-order valence-electron chi connectivity index (χ1n) is 5.99. The van der Waals surface area contributed by atoms with Gasteiger partial charge in [0.2, 0.25) is 15.9 Å². The number of rotatable bonds is 6. The van der Waals surface area contributed by atoms with Crippen molar-refractivity contribution in [1.82, 2.24) is 10.0 Å². The molecule has 0 radical (unpaired) electrons. The summed E-state index contributed by atoms with van der Waals surface area (Å²) in [5, 5.41) is 2.54. The predicted molar refractivity (Wildman–Crippen MR) is 72.5 cm³/mol. The highest BCUT2D eigenvalue weighted by molar-refractivity contribution is 7.89. The first-order chi connectivity index (χ1) is 7.96. The van der Waals surface area contributed by atoms with E-state index in [0.717, 1.165) is 0 Å². The number of hydrogen-bond acceptors (Lipinski definition) is 4. The molecule has 0 saturated carbocycles. The molecule has 0 heterocycles. The van der Waals surface area contributed by atoms with E-state index in [0.29, 0.717) is 0 Å². The molecule has 0 aromatic carbocycles. The van der Waals surface area contributed by atoms with Crippen LogP contribution in [0.1, 0.15) is 34.6 Å². The van der Waals surface area contributed by atoms with Gasteiger partial charge < -0.3 is 11.1 Å². The van der Waals surface area contributed by atoms with Crippen molar-refractivity contribution in [3.05, 3.63) is 0 Å². The quantitative estimate of drug-likeness (QED) is 0.627. The maximum absolute atomic E-state index is 11.6. The fourth-order valence-electron chi connectivity index (χ4n) is 1.23. The zero-order valence-corrected chi connectivity index (χ0v) is 12.6. The molecule has 0 aliphatic rings. The van der Waals surface area contributed by atoms with Gasteiger partial charge in [0.1, 0.15) is 0 Å². The van der Waals surface area contributed by atoms with E-state index >= 15 is 0 Å². The molecule has 1 amide bonds. The molecule has 0 saturated heterocycles. The van der Waals surface area contributed by atoms with E-state index in [-0.39, 0.29) is 29.7 Å². The number of nitrogens with one attached hydrogen (secondary N) is 2. The molecule has 6 nitrogen and oxygen atoms in total. The maximum Gasteiger partial charge on any atom is 0.237 e. The lowest BCUT2D eigenvalue weighted by Crippen LogP contribution is -2.49. The van der Waals surface area contributed by atoms with Crippen LogP contribution in [0.15, 0.2) is 0 Å². The standard InChI is InChI=1S/C11H25N3O3S/c1-8(2)14-18(16,17)7-6-13-10(15)9(12)11(3,4)5/h8-9,14H,6-7,12H2,1-5H3,(H,13,15)/t9-/m1/s1. The number of amides is 1. The van der Waals surface area contributed by atoms with E-state index in [4.69, 9.17) is 5.73 Å². The molecule has 108 valence electrons. The van der Waals surface area contributed by atoms with Crippen molar-refractivity contribution in [2.75, 3.05) is 12.3 Å². The van der Waals surface area contributed by atoms with Gasteiger partial charge in [0.15, 0.2) is 0 Å². The van der Waals surface area contributed by atoms with E-state index < -0.39 is 16.1 Å². The Morgan fingerprint density at radius 3 is 2.17 bits per heavy atom. The summed E-state index contributed by atoms with van der Waals surface area (Å²) < 4.78 is 25.4. The van der Waals surface area contributed by atoms with Crippen LogP contribution in [-0.2, 0) is 14.8 Å². The van der Waals surface area contributed by atoms with Crippen molar-refractivity contribution in [2.45, 2.75) is 46.7 Å². The summed E-state index contributed by atoms with van der Waals surface area (Å²) in [5.74, 6) is -0.476. The van der Waals surface area contributed by atoms with E-state index in [1.165, 1.54) is 0 Å². The second-order valence-corrected chi connectivity index (χ2v) is 7.60. The third-order valence-electron chi connectivity index (χ3n) is 2.30. The molecule has 0 spiro atoms. The van der Waals surface area contributed by atoms with Gasteiger partial charge in [-0.2, -0.15) is 0 Å². The molecule has 7 heteroatoms. The molecule has 0 fully saturated rings. The lowest BCUT2D eigenvalue weighted by atomic mass is 9.87. The molecule has 0 rings (SSSR count). The van der Waals surface area contributed by atoms with Crippen molar-refractivity contribution >= 4 is 15.9 Å². The van der Waals surface area contributed by atoms with E-state index in [2.05, 4.69) is 10.0 Å². The van der Waals surface area contributed by atoms with Gasteiger partial charge in [0, 0.05) is 12.6 Å². The molecule has 1 atom stereocenters. The second kappa shape index (κ2) is 6.49. The summed E-state index contributed by atoms with van der Waals surface area (Å²) in [5.41, 5.74) is 5.40. The molecule has 18 heavy (non-hydrogen) atoms. The summed E-state index contributed by atoms with van der Waals surface area (Å²) in [7, 11) is -3.34. The normalized spacial score (nSPS) is 14.6. The van der Waals surface area contributed by atoms with Gasteiger partial charge in [0.05, 0.1) is 11.8 Å². The van der Waals surface area contributed by atoms with Gasteiger partial charge >= 0.3 is 0 Å². The Morgan fingerprint density at radius 1 is 1.28 bits per heavy atom. The molecule has 0 bridgehead atoms. The highest BCUT2D eigenvalue weighted by atomic mass is 32.2. The van der Waals surface area contributed by atoms with Gasteiger partial charge in [-0.25, -0.2) is 13.1 Å². The summed E-state index contributed by atoms with van der Waals surface area (Å²) >= 11 is 0. The fraction of sp³-hybridized carbons (Fsp3) is 0.909. The Labute approximate surface area is 110 Å². The first kappa shape index (κ1) is 17.3. The summed E-state index contributed by atoms with van der Waals surface area (Å²) in [6.07, 6.45) is 0. The van der Waals surface area contributed by atoms with Crippen LogP contribution in [0.5, 0.6) is 0 Å². The Morgan fingerprint density at radius 2 is 1.78 bits per heavy atom. The van der Waals surface area contributed by atoms with Crippen molar-refractivity contribution in [2.24, 2.45) is 11.1 Å². The van der Waals surface area contributed by atoms with Crippen LogP contribution in [-0.4, -0.2) is 38.7 Å². The van der Waals surface area contributed by atoms with Crippen LogP contribution in [0.2, 0.25) is 0 Å². The van der Waals surface area contributed by atoms with Gasteiger partial charge in [0.25, 0.3) is 0 Å². The van der Waals surface area contributed by atoms with Crippen LogP contribution in [0.3, 0.4) is 0 Å². The monoisotopic (exact) mass is 279 g/mol. The lowest BCUT2D eigenvalue weighted by molar-refractivity contribution is -0.124. The molecule has 0 aliphatic carbocycles. The highest BCUT2D eigenvalue weighted by Crippen LogP contribution is 2.16. The van der Waals surface area contributed by atoms with Crippen LogP contribution in [0.25, 0.3) is 0 Å². The molecule has 0 aromatic rings. The first-order valence-corrected chi connectivity index (χ1v) is 7.64. The number of nitrogens with two attached hydrogens (primary N) is 1. The van der Waals surface area contributed by atoms with Crippen molar-refractivity contribution in [3.63, 3.8) is 0 Å². The second-order valence-electron chi connectivity index (χ2n) is 5.73. The van der Waals surface area contributed by atoms with Gasteiger partial charge in [-0.15, -0.1) is 0 Å². The zero-order chi connectivity index (χ0) is 14.6. The smallest absolute Gasteiger partial charge is 0.237 e. The minimum atomic E-state index is -3.34. The third kappa shape index (κ3) is 6.93. The molecule has 0 unspecified atom stereocenters. The SMILES string of the molecule is CC(C)NS(=O)(=O)CCNC(=O)[C@@H](N)C(C)(C)C. The molecule has 4 N–H and O–H groups in total. The van der Waals surface area contributed by atoms with E-state index in [9.17, 15) is 13.2 Å². The summed E-state index contributed by atoms with van der Waals surface area (Å²) in [6, 6.07) is -0.805. The minimum Gasteiger partial charge on any atom is -0.354 e. The summed E-state index contributed by atoms with van der Waals surface area (Å²) in [6.45, 7) is 9.11. The van der Waals surface area contributed by atoms with E-state index in [1.807, 2.05) is 20.8 Å². The lowest BCUT2D eigenvalue weighted by Gasteiger charge is -2.25. The largest absolute Gasteiger partial charge is 0.354 e.